The number of ketones is 1. The van der Waals surface area contributed by atoms with E-state index in [2.05, 4.69) is 4.90 Å². The van der Waals surface area contributed by atoms with Crippen LogP contribution in [0.15, 0.2) is 0 Å². The van der Waals surface area contributed by atoms with Crippen LogP contribution in [0.4, 0.5) is 0 Å². The normalized spacial score (nSPS) is 32.2. The summed E-state index contributed by atoms with van der Waals surface area (Å²) in [5.41, 5.74) is 0. The molecule has 0 amide bonds. The fourth-order valence-electron chi connectivity index (χ4n) is 2.67. The van der Waals surface area contributed by atoms with Gasteiger partial charge < -0.3 is 9.84 Å². The molecule has 4 nitrogen and oxygen atoms in total. The predicted molar refractivity (Wildman–Crippen MR) is 60.2 cm³/mol. The predicted octanol–water partition coefficient (Wildman–Crippen LogP) is 0.439. The third-order valence-corrected chi connectivity index (χ3v) is 3.76. The van der Waals surface area contributed by atoms with Gasteiger partial charge in [-0.05, 0) is 25.8 Å². The lowest BCUT2D eigenvalue weighted by Gasteiger charge is -2.34. The lowest BCUT2D eigenvalue weighted by atomic mass is 10.0. The van der Waals surface area contributed by atoms with E-state index in [1.807, 2.05) is 0 Å². The Morgan fingerprint density at radius 1 is 1.50 bits per heavy atom. The molecule has 0 spiro atoms. The number of rotatable bonds is 4. The van der Waals surface area contributed by atoms with Crippen LogP contribution in [0.3, 0.4) is 0 Å². The molecular weight excluding hydrogens is 206 g/mol. The van der Waals surface area contributed by atoms with Crippen LogP contribution in [0.25, 0.3) is 0 Å². The van der Waals surface area contributed by atoms with Gasteiger partial charge in [0.15, 0.2) is 0 Å². The van der Waals surface area contributed by atoms with Crippen LogP contribution in [0.2, 0.25) is 0 Å². The van der Waals surface area contributed by atoms with Crippen LogP contribution in [0.5, 0.6) is 0 Å². The molecule has 0 aromatic heterocycles. The van der Waals surface area contributed by atoms with E-state index in [-0.39, 0.29) is 18.6 Å². The summed E-state index contributed by atoms with van der Waals surface area (Å²) in [5.74, 6) is 0.719. The number of aliphatic hydroxyl groups excluding tert-OH is 1. The molecule has 0 bridgehead atoms. The average molecular weight is 227 g/mol. The molecule has 0 radical (unpaired) electrons. The van der Waals surface area contributed by atoms with Crippen molar-refractivity contribution in [2.45, 2.75) is 31.7 Å². The number of hydrogen-bond donors (Lipinski definition) is 1. The Morgan fingerprint density at radius 3 is 3.06 bits per heavy atom. The third kappa shape index (κ3) is 2.81. The smallest absolute Gasteiger partial charge is 0.136 e. The van der Waals surface area contributed by atoms with Crippen molar-refractivity contribution in [1.82, 2.24) is 4.90 Å². The maximum absolute atomic E-state index is 11.5. The Bertz CT molecular complexity index is 244. The molecule has 2 atom stereocenters. The molecule has 2 fully saturated rings. The molecule has 1 aliphatic carbocycles. The zero-order valence-corrected chi connectivity index (χ0v) is 9.73. The zero-order chi connectivity index (χ0) is 11.4. The van der Waals surface area contributed by atoms with E-state index in [0.29, 0.717) is 12.4 Å². The molecule has 2 unspecified atom stereocenters. The second kappa shape index (κ2) is 5.75. The number of aliphatic hydroxyl groups is 1. The van der Waals surface area contributed by atoms with E-state index < -0.39 is 0 Å². The van der Waals surface area contributed by atoms with Gasteiger partial charge in [0.1, 0.15) is 5.78 Å². The highest BCUT2D eigenvalue weighted by Crippen LogP contribution is 2.24. The Kier molecular flexibility index (Phi) is 4.32. The van der Waals surface area contributed by atoms with Gasteiger partial charge in [-0.2, -0.15) is 0 Å². The highest BCUT2D eigenvalue weighted by Gasteiger charge is 2.27. The largest absolute Gasteiger partial charge is 0.395 e. The zero-order valence-electron chi connectivity index (χ0n) is 9.73. The van der Waals surface area contributed by atoms with Crippen molar-refractivity contribution >= 4 is 5.78 Å². The van der Waals surface area contributed by atoms with E-state index >= 15 is 0 Å². The monoisotopic (exact) mass is 227 g/mol. The number of carbonyl (C=O) groups excluding carboxylic acids is 1. The summed E-state index contributed by atoms with van der Waals surface area (Å²) in [6, 6.07) is 0.130. The lowest BCUT2D eigenvalue weighted by molar-refractivity contribution is -0.121. The molecule has 1 aliphatic heterocycles. The van der Waals surface area contributed by atoms with Crippen LogP contribution in [0.1, 0.15) is 25.7 Å². The Morgan fingerprint density at radius 2 is 2.38 bits per heavy atom. The second-order valence-electron chi connectivity index (χ2n) is 4.79. The van der Waals surface area contributed by atoms with Gasteiger partial charge in [0.2, 0.25) is 0 Å². The Hall–Kier alpha value is -0.450. The Balaban J connectivity index is 1.77. The maximum Gasteiger partial charge on any atom is 0.136 e. The van der Waals surface area contributed by atoms with Gasteiger partial charge in [0, 0.05) is 18.9 Å². The van der Waals surface area contributed by atoms with Crippen molar-refractivity contribution in [3.8, 4) is 0 Å². The highest BCUT2D eigenvalue weighted by atomic mass is 16.5. The molecule has 0 aromatic rings. The fraction of sp³-hybridized carbons (Fsp3) is 0.917. The van der Waals surface area contributed by atoms with Gasteiger partial charge in [-0.25, -0.2) is 0 Å². The molecule has 1 heterocycles. The van der Waals surface area contributed by atoms with Crippen molar-refractivity contribution in [2.24, 2.45) is 5.92 Å². The van der Waals surface area contributed by atoms with Crippen molar-refractivity contribution in [2.75, 3.05) is 32.9 Å². The summed E-state index contributed by atoms with van der Waals surface area (Å²) in [5, 5.41) is 9.22. The van der Waals surface area contributed by atoms with Gasteiger partial charge in [0.25, 0.3) is 0 Å². The lowest BCUT2D eigenvalue weighted by Crippen LogP contribution is -2.48. The second-order valence-corrected chi connectivity index (χ2v) is 4.79. The molecule has 4 heteroatoms. The first-order valence-corrected chi connectivity index (χ1v) is 6.26. The summed E-state index contributed by atoms with van der Waals surface area (Å²) in [6.07, 6.45) is 3.86. The van der Waals surface area contributed by atoms with Crippen molar-refractivity contribution in [3.05, 3.63) is 0 Å². The first-order valence-electron chi connectivity index (χ1n) is 6.26. The number of Topliss-reactive ketones (excluding diaryl/α,β-unsaturated/α-hetero) is 1. The van der Waals surface area contributed by atoms with E-state index in [4.69, 9.17) is 4.74 Å². The standard InChI is InChI=1S/C12H21NO3/c14-8-11-9-16-7-6-13(11)5-4-10-2-1-3-12(10)15/h10-11,14H,1-9H2. The fourth-order valence-corrected chi connectivity index (χ4v) is 2.67. The summed E-state index contributed by atoms with van der Waals surface area (Å²) in [7, 11) is 0. The van der Waals surface area contributed by atoms with E-state index in [1.165, 1.54) is 0 Å². The molecule has 92 valence electrons. The average Bonchev–Trinajstić information content (AvgIpc) is 2.72. The van der Waals surface area contributed by atoms with Gasteiger partial charge >= 0.3 is 0 Å². The number of ether oxygens (including phenoxy) is 1. The molecule has 2 aliphatic rings. The minimum absolute atomic E-state index is 0.130. The maximum atomic E-state index is 11.5. The summed E-state index contributed by atoms with van der Waals surface area (Å²) in [6.45, 7) is 3.32. The molecule has 1 saturated carbocycles. The van der Waals surface area contributed by atoms with Crippen LogP contribution in [0, 0.1) is 5.92 Å². The van der Waals surface area contributed by atoms with Crippen molar-refractivity contribution in [1.29, 1.82) is 0 Å². The van der Waals surface area contributed by atoms with Gasteiger partial charge in [0.05, 0.1) is 25.9 Å². The van der Waals surface area contributed by atoms with Crippen molar-refractivity contribution < 1.29 is 14.6 Å². The molecule has 2 rings (SSSR count). The van der Waals surface area contributed by atoms with E-state index in [1.54, 1.807) is 0 Å². The quantitative estimate of drug-likeness (QED) is 0.757. The number of hydrogen-bond acceptors (Lipinski definition) is 4. The van der Waals surface area contributed by atoms with Gasteiger partial charge in [-0.3, -0.25) is 9.69 Å². The first-order chi connectivity index (χ1) is 7.81. The number of nitrogens with zero attached hydrogens (tertiary/aromatic N) is 1. The third-order valence-electron chi connectivity index (χ3n) is 3.76. The number of morpholine rings is 1. The number of carbonyl (C=O) groups is 1. The van der Waals surface area contributed by atoms with Crippen LogP contribution in [-0.4, -0.2) is 54.7 Å². The molecule has 1 N–H and O–H groups in total. The Labute approximate surface area is 96.6 Å². The minimum Gasteiger partial charge on any atom is -0.395 e. The highest BCUT2D eigenvalue weighted by molar-refractivity contribution is 5.82. The summed E-state index contributed by atoms with van der Waals surface area (Å²) in [4.78, 5) is 13.8. The molecule has 16 heavy (non-hydrogen) atoms. The van der Waals surface area contributed by atoms with Gasteiger partial charge in [-0.1, -0.05) is 0 Å². The molecular formula is C12H21NO3. The minimum atomic E-state index is 0.130. The van der Waals surface area contributed by atoms with Gasteiger partial charge in [-0.15, -0.1) is 0 Å². The van der Waals surface area contributed by atoms with Crippen LogP contribution < -0.4 is 0 Å². The topological polar surface area (TPSA) is 49.8 Å². The molecule has 0 aromatic carbocycles. The van der Waals surface area contributed by atoms with E-state index in [9.17, 15) is 9.90 Å². The summed E-state index contributed by atoms with van der Waals surface area (Å²) >= 11 is 0. The first kappa shape index (κ1) is 12.0. The SMILES string of the molecule is O=C1CCCC1CCN1CCOCC1CO. The summed E-state index contributed by atoms with van der Waals surface area (Å²) < 4.78 is 5.33. The molecule has 1 saturated heterocycles. The van der Waals surface area contributed by atoms with E-state index in [0.717, 1.165) is 45.4 Å². The van der Waals surface area contributed by atoms with Crippen LogP contribution in [-0.2, 0) is 9.53 Å². The van der Waals surface area contributed by atoms with Crippen LogP contribution >= 0.6 is 0 Å². The van der Waals surface area contributed by atoms with Crippen molar-refractivity contribution in [3.63, 3.8) is 0 Å².